The Bertz CT molecular complexity index is 1410. The molecule has 1 aromatic carbocycles. The molecule has 4 heterocycles. The fourth-order valence-electron chi connectivity index (χ4n) is 5.32. The van der Waals surface area contributed by atoms with Gasteiger partial charge in [0.25, 0.3) is 0 Å². The molecule has 2 aliphatic heterocycles. The van der Waals surface area contributed by atoms with E-state index in [2.05, 4.69) is 44.0 Å². The molecule has 12 heteroatoms. The van der Waals surface area contributed by atoms with Crippen LogP contribution in [-0.4, -0.2) is 105 Å². The van der Waals surface area contributed by atoms with Gasteiger partial charge in [-0.1, -0.05) is 0 Å². The summed E-state index contributed by atoms with van der Waals surface area (Å²) in [5.41, 5.74) is 1.69. The maximum atomic E-state index is 13.4. The minimum Gasteiger partial charge on any atom is -0.380 e. The number of fused-ring (bicyclic) bond motifs is 1. The second kappa shape index (κ2) is 12.5. The summed E-state index contributed by atoms with van der Waals surface area (Å²) in [6.45, 7) is 11.9. The van der Waals surface area contributed by atoms with Crippen LogP contribution in [0.5, 0.6) is 0 Å². The van der Waals surface area contributed by atoms with Crippen LogP contribution in [0.25, 0.3) is 10.9 Å². The Morgan fingerprint density at radius 3 is 2.58 bits per heavy atom. The molecule has 0 aliphatic carbocycles. The first-order valence-corrected chi connectivity index (χ1v) is 15.6. The van der Waals surface area contributed by atoms with Crippen molar-refractivity contribution in [3.05, 3.63) is 48.8 Å². The summed E-state index contributed by atoms with van der Waals surface area (Å²) in [6, 6.07) is 10.9. The van der Waals surface area contributed by atoms with Crippen LogP contribution >= 0.6 is 0 Å². The average molecular weight is 569 g/mol. The number of benzene rings is 1. The summed E-state index contributed by atoms with van der Waals surface area (Å²) in [6.07, 6.45) is 4.28. The molecule has 40 heavy (non-hydrogen) atoms. The van der Waals surface area contributed by atoms with Crippen molar-refractivity contribution in [1.82, 2.24) is 29.4 Å². The molecule has 2 aromatic heterocycles. The summed E-state index contributed by atoms with van der Waals surface area (Å²) < 4.78 is 30.2. The SMILES string of the molecule is CC(C)Nc1cccnc1N1CCN(C(=O)n2ccc3cc(S(=O)(=O)NCCCN4CCNCC4)ccc32)CC1. The Labute approximate surface area is 236 Å². The molecule has 1 amide bonds. The number of aromatic nitrogens is 2. The molecular weight excluding hydrogens is 528 g/mol. The van der Waals surface area contributed by atoms with E-state index in [9.17, 15) is 13.2 Å². The Hall–Kier alpha value is -3.19. The number of sulfonamides is 1. The molecule has 3 N–H and O–H groups in total. The van der Waals surface area contributed by atoms with Gasteiger partial charge in [0.1, 0.15) is 0 Å². The average Bonchev–Trinajstić information content (AvgIpc) is 3.39. The highest BCUT2D eigenvalue weighted by Crippen LogP contribution is 2.26. The van der Waals surface area contributed by atoms with Crippen molar-refractivity contribution in [3.63, 3.8) is 0 Å². The largest absolute Gasteiger partial charge is 0.380 e. The Kier molecular flexibility index (Phi) is 8.89. The van der Waals surface area contributed by atoms with Gasteiger partial charge < -0.3 is 25.3 Å². The number of piperazine rings is 2. The van der Waals surface area contributed by atoms with Crippen molar-refractivity contribution < 1.29 is 13.2 Å². The lowest BCUT2D eigenvalue weighted by molar-refractivity contribution is 0.197. The van der Waals surface area contributed by atoms with E-state index in [4.69, 9.17) is 0 Å². The van der Waals surface area contributed by atoms with Crippen molar-refractivity contribution in [2.75, 3.05) is 75.7 Å². The van der Waals surface area contributed by atoms with Crippen LogP contribution in [0.1, 0.15) is 20.3 Å². The van der Waals surface area contributed by atoms with E-state index < -0.39 is 10.0 Å². The Morgan fingerprint density at radius 2 is 1.82 bits per heavy atom. The number of amides is 1. The van der Waals surface area contributed by atoms with Crippen molar-refractivity contribution >= 4 is 38.5 Å². The summed E-state index contributed by atoms with van der Waals surface area (Å²) in [7, 11) is -3.63. The zero-order chi connectivity index (χ0) is 28.1. The molecular formula is C28H40N8O3S. The summed E-state index contributed by atoms with van der Waals surface area (Å²) >= 11 is 0. The van der Waals surface area contributed by atoms with Gasteiger partial charge in [0.05, 0.1) is 16.1 Å². The summed E-state index contributed by atoms with van der Waals surface area (Å²) in [5, 5.41) is 7.49. The van der Waals surface area contributed by atoms with Gasteiger partial charge in [-0.3, -0.25) is 4.57 Å². The van der Waals surface area contributed by atoms with E-state index in [1.807, 2.05) is 17.0 Å². The zero-order valence-corrected chi connectivity index (χ0v) is 24.2. The van der Waals surface area contributed by atoms with E-state index in [-0.39, 0.29) is 10.9 Å². The highest BCUT2D eigenvalue weighted by molar-refractivity contribution is 7.89. The molecule has 2 saturated heterocycles. The van der Waals surface area contributed by atoms with Gasteiger partial charge in [0.15, 0.2) is 5.82 Å². The molecule has 216 valence electrons. The third-order valence-corrected chi connectivity index (χ3v) is 8.87. The van der Waals surface area contributed by atoms with Crippen LogP contribution in [0.15, 0.2) is 53.7 Å². The van der Waals surface area contributed by atoms with Gasteiger partial charge in [-0.15, -0.1) is 0 Å². The highest BCUT2D eigenvalue weighted by Gasteiger charge is 2.25. The number of hydrogen-bond donors (Lipinski definition) is 3. The standard InChI is InChI=1S/C28H40N8O3S/c1-22(2)32-25-5-3-9-30-27(25)34-17-19-35(20-18-34)28(37)36-14-8-23-21-24(6-7-26(23)36)40(38,39)31-10-4-13-33-15-11-29-12-16-33/h3,5-9,14,21-22,29,31-32H,4,10-13,15-20H2,1-2H3. The number of carbonyl (C=O) groups is 1. The fraction of sp³-hybridized carbons (Fsp3) is 0.500. The number of pyridine rings is 1. The third-order valence-electron chi connectivity index (χ3n) is 7.41. The van der Waals surface area contributed by atoms with Gasteiger partial charge in [0, 0.05) is 82.7 Å². The van der Waals surface area contributed by atoms with Crippen LogP contribution in [0.3, 0.4) is 0 Å². The quantitative estimate of drug-likeness (QED) is 0.337. The molecule has 0 unspecified atom stereocenters. The molecule has 0 saturated carbocycles. The highest BCUT2D eigenvalue weighted by atomic mass is 32.2. The monoisotopic (exact) mass is 568 g/mol. The zero-order valence-electron chi connectivity index (χ0n) is 23.3. The van der Waals surface area contributed by atoms with E-state index in [1.165, 1.54) is 0 Å². The van der Waals surface area contributed by atoms with Crippen LogP contribution in [-0.2, 0) is 10.0 Å². The van der Waals surface area contributed by atoms with Crippen LogP contribution in [0.2, 0.25) is 0 Å². The van der Waals surface area contributed by atoms with Gasteiger partial charge in [0.2, 0.25) is 10.0 Å². The summed E-state index contributed by atoms with van der Waals surface area (Å²) in [5.74, 6) is 0.904. The van der Waals surface area contributed by atoms with E-state index in [0.29, 0.717) is 49.7 Å². The predicted molar refractivity (Wildman–Crippen MR) is 159 cm³/mol. The Balaban J connectivity index is 1.19. The molecule has 0 radical (unpaired) electrons. The van der Waals surface area contributed by atoms with Gasteiger partial charge in [-0.25, -0.2) is 22.9 Å². The van der Waals surface area contributed by atoms with Gasteiger partial charge in [-0.05, 0) is 63.2 Å². The first-order valence-electron chi connectivity index (χ1n) is 14.1. The maximum absolute atomic E-state index is 13.4. The van der Waals surface area contributed by atoms with Gasteiger partial charge >= 0.3 is 6.03 Å². The molecule has 2 aliphatic rings. The fourth-order valence-corrected chi connectivity index (χ4v) is 6.43. The first-order chi connectivity index (χ1) is 19.3. The molecule has 5 rings (SSSR count). The number of carbonyl (C=O) groups excluding carboxylic acids is 1. The van der Waals surface area contributed by atoms with E-state index in [0.717, 1.165) is 50.6 Å². The van der Waals surface area contributed by atoms with E-state index >= 15 is 0 Å². The minimum absolute atomic E-state index is 0.113. The Morgan fingerprint density at radius 1 is 1.05 bits per heavy atom. The third kappa shape index (κ3) is 6.57. The second-order valence-electron chi connectivity index (χ2n) is 10.7. The lowest BCUT2D eigenvalue weighted by atomic mass is 10.2. The van der Waals surface area contributed by atoms with Crippen molar-refractivity contribution in [2.45, 2.75) is 31.2 Å². The van der Waals surface area contributed by atoms with Crippen molar-refractivity contribution in [3.8, 4) is 0 Å². The van der Waals surface area contributed by atoms with Crippen LogP contribution in [0.4, 0.5) is 16.3 Å². The van der Waals surface area contributed by atoms with Crippen molar-refractivity contribution in [1.29, 1.82) is 0 Å². The topological polar surface area (TPSA) is 115 Å². The molecule has 0 atom stereocenters. The number of hydrogen-bond acceptors (Lipinski definition) is 8. The lowest BCUT2D eigenvalue weighted by Crippen LogP contribution is -2.50. The summed E-state index contributed by atoms with van der Waals surface area (Å²) in [4.78, 5) is 24.6. The lowest BCUT2D eigenvalue weighted by Gasteiger charge is -2.36. The van der Waals surface area contributed by atoms with E-state index in [1.54, 1.807) is 41.2 Å². The normalized spacial score (nSPS) is 17.1. The number of anilines is 2. The molecule has 2 fully saturated rings. The number of nitrogens with zero attached hydrogens (tertiary/aromatic N) is 5. The van der Waals surface area contributed by atoms with Crippen LogP contribution < -0.4 is 20.3 Å². The molecule has 3 aromatic rings. The number of rotatable bonds is 9. The number of nitrogens with one attached hydrogen (secondary N) is 3. The maximum Gasteiger partial charge on any atom is 0.328 e. The minimum atomic E-state index is -3.63. The van der Waals surface area contributed by atoms with Gasteiger partial charge in [-0.2, -0.15) is 0 Å². The smallest absolute Gasteiger partial charge is 0.328 e. The molecule has 0 bridgehead atoms. The molecule has 11 nitrogen and oxygen atoms in total. The second-order valence-corrected chi connectivity index (χ2v) is 12.4. The molecule has 0 spiro atoms. The van der Waals surface area contributed by atoms with Crippen molar-refractivity contribution in [2.24, 2.45) is 0 Å². The first kappa shape index (κ1) is 28.3. The van der Waals surface area contributed by atoms with Crippen LogP contribution in [0, 0.1) is 0 Å². The predicted octanol–water partition coefficient (Wildman–Crippen LogP) is 2.22.